The van der Waals surface area contributed by atoms with E-state index in [9.17, 15) is 46.9 Å². The molecule has 5 N–H and O–H groups in total. The van der Waals surface area contributed by atoms with Crippen LogP contribution in [0.25, 0.3) is 0 Å². The number of ketones is 1. The minimum atomic E-state index is -5.18. The Balaban J connectivity index is 1.33. The minimum Gasteiger partial charge on any atom is -0.489 e. The predicted molar refractivity (Wildman–Crippen MR) is 247 cm³/mol. The van der Waals surface area contributed by atoms with Crippen molar-refractivity contribution in [2.45, 2.75) is 141 Å². The largest absolute Gasteiger partial charge is 0.489 e. The molecule has 384 valence electrons. The number of anilines is 1. The molecule has 24 nitrogen and oxygen atoms in total. The predicted octanol–water partition coefficient (Wildman–Crippen LogP) is 3.95. The summed E-state index contributed by atoms with van der Waals surface area (Å²) in [4.78, 5) is 91.3. The molecule has 0 bridgehead atoms. The number of ether oxygens (including phenoxy) is 4. The molecule has 1 aliphatic carbocycles. The number of aromatic nitrogens is 3. The third-order valence-corrected chi connectivity index (χ3v) is 12.3. The second-order valence-corrected chi connectivity index (χ2v) is 21.4. The topological polar surface area (TPSA) is 318 Å². The van der Waals surface area contributed by atoms with Crippen LogP contribution in [0.1, 0.15) is 140 Å². The average molecular weight is 1020 g/mol. The Morgan fingerprint density at radius 2 is 1.60 bits per heavy atom. The molecule has 0 radical (unpaired) electrons. The molecule has 70 heavy (non-hydrogen) atoms. The quantitative estimate of drug-likeness (QED) is 0.0203. The van der Waals surface area contributed by atoms with E-state index in [1.807, 2.05) is 13.8 Å². The van der Waals surface area contributed by atoms with Gasteiger partial charge in [-0.05, 0) is 74.7 Å². The number of unbranched alkanes of at least 4 members (excludes halogenated alkanes) is 2. The van der Waals surface area contributed by atoms with Gasteiger partial charge < -0.3 is 43.8 Å². The van der Waals surface area contributed by atoms with Gasteiger partial charge in [0.1, 0.15) is 22.9 Å². The summed E-state index contributed by atoms with van der Waals surface area (Å²) in [5, 5.41) is 24.7. The van der Waals surface area contributed by atoms with Crippen molar-refractivity contribution in [2.24, 2.45) is 5.16 Å². The first-order valence-corrected chi connectivity index (χ1v) is 24.9. The fourth-order valence-corrected chi connectivity index (χ4v) is 8.50. The number of esters is 1. The van der Waals surface area contributed by atoms with Gasteiger partial charge in [0.2, 0.25) is 17.1 Å². The summed E-state index contributed by atoms with van der Waals surface area (Å²) in [6.45, 7) is 17.5. The smallest absolute Gasteiger partial charge is 0.413 e. The standard InChI is InChI=1S/C44H60N8O16S2/c1-11-13-17-63-28-20-27(52(59)22-30(28)64-18-14-12-2)38(56)51-16-15-24(21-51)25-19-29(67-49-25)36(54)47-33-32(34(53)35(33)70(60,61)62)46-37(55)31(50-68-44(9,10)39(57)65-42(3,4)5)26-23-69-40(45-26)48-41(58)66-43(6,7)8/h19-20,22-24,32-33,35H,11-18,21H2,1-10H3,(H4-,45,46,47,48,54,55,56,58,59,60,61,62)/p+1/b50-31-/t24-,32+,33-,35?/m1/s1. The molecule has 2 fully saturated rings. The number of carbonyl (C=O) groups excluding carboxylic acids is 6. The highest BCUT2D eigenvalue weighted by atomic mass is 32.2. The van der Waals surface area contributed by atoms with Gasteiger partial charge >= 0.3 is 23.7 Å². The third kappa shape index (κ3) is 14.1. The number of hydrogen-bond donors (Lipinski definition) is 5. The van der Waals surface area contributed by atoms with E-state index in [1.54, 1.807) is 41.5 Å². The molecule has 0 aromatic carbocycles. The fourth-order valence-electron chi connectivity index (χ4n) is 6.78. The van der Waals surface area contributed by atoms with Crippen LogP contribution in [0.5, 0.6) is 11.5 Å². The summed E-state index contributed by atoms with van der Waals surface area (Å²) in [5.74, 6) is -5.21. The highest BCUT2D eigenvalue weighted by molar-refractivity contribution is 7.87. The van der Waals surface area contributed by atoms with Gasteiger partial charge in [-0.1, -0.05) is 37.0 Å². The molecule has 2 aliphatic rings. The summed E-state index contributed by atoms with van der Waals surface area (Å²) < 4.78 is 63.3. The van der Waals surface area contributed by atoms with Crippen molar-refractivity contribution >= 4 is 67.9 Å². The lowest BCUT2D eigenvalue weighted by atomic mass is 9.83. The number of rotatable bonds is 20. The molecular weight excluding hydrogens is 961 g/mol. The molecule has 1 aliphatic heterocycles. The number of oxime groups is 1. The van der Waals surface area contributed by atoms with E-state index < -0.39 is 97.2 Å². The maximum atomic E-state index is 14.0. The van der Waals surface area contributed by atoms with E-state index in [0.29, 0.717) is 30.1 Å². The number of carbonyl (C=O) groups is 6. The third-order valence-electron chi connectivity index (χ3n) is 10.4. The molecular formula is C44H61N8O16S2+. The summed E-state index contributed by atoms with van der Waals surface area (Å²) in [5.41, 5.74) is -4.34. The van der Waals surface area contributed by atoms with Gasteiger partial charge in [-0.25, -0.2) is 14.6 Å². The van der Waals surface area contributed by atoms with Crippen LogP contribution in [0.2, 0.25) is 0 Å². The van der Waals surface area contributed by atoms with Crippen LogP contribution in [0.4, 0.5) is 9.93 Å². The van der Waals surface area contributed by atoms with Gasteiger partial charge in [0.25, 0.3) is 28.1 Å². The monoisotopic (exact) mass is 1020 g/mol. The van der Waals surface area contributed by atoms with Crippen LogP contribution in [-0.2, 0) is 38.8 Å². The number of Topliss-reactive ketones (excluding diaryl/α,β-unsaturated/α-hetero) is 1. The highest BCUT2D eigenvalue weighted by Gasteiger charge is 2.58. The van der Waals surface area contributed by atoms with Crippen LogP contribution in [-0.4, -0.2) is 135 Å². The van der Waals surface area contributed by atoms with Gasteiger partial charge in [0.05, 0.1) is 31.0 Å². The zero-order valence-electron chi connectivity index (χ0n) is 40.6. The lowest BCUT2D eigenvalue weighted by molar-refractivity contribution is -0.906. The average Bonchev–Trinajstić information content (AvgIpc) is 4.04. The first-order valence-electron chi connectivity index (χ1n) is 22.5. The maximum Gasteiger partial charge on any atom is 0.413 e. The number of thiazole rings is 1. The van der Waals surface area contributed by atoms with E-state index in [2.05, 4.69) is 31.2 Å². The van der Waals surface area contributed by atoms with Crippen molar-refractivity contribution in [2.75, 3.05) is 31.6 Å². The number of amides is 4. The second-order valence-electron chi connectivity index (χ2n) is 19.0. The zero-order chi connectivity index (χ0) is 51.9. The Morgan fingerprint density at radius 1 is 0.957 bits per heavy atom. The summed E-state index contributed by atoms with van der Waals surface area (Å²) in [7, 11) is -5.18. The first-order chi connectivity index (χ1) is 32.6. The Bertz CT molecular complexity index is 2580. The number of nitrogens with one attached hydrogen (secondary N) is 3. The number of hydrogen-bond acceptors (Lipinski definition) is 19. The van der Waals surface area contributed by atoms with Crippen molar-refractivity contribution in [1.29, 1.82) is 0 Å². The summed E-state index contributed by atoms with van der Waals surface area (Å²) >= 11 is 0.842. The van der Waals surface area contributed by atoms with E-state index in [-0.39, 0.29) is 41.1 Å². The normalized spacial score (nSPS) is 18.6. The van der Waals surface area contributed by atoms with Gasteiger partial charge in [-0.15, -0.1) is 11.3 Å². The molecule has 1 unspecified atom stereocenters. The molecule has 5 rings (SSSR count). The Kier molecular flexibility index (Phi) is 17.2. The Hall–Kier alpha value is -6.41. The molecule has 1 saturated heterocycles. The second kappa shape index (κ2) is 22.1. The van der Waals surface area contributed by atoms with E-state index in [1.165, 1.54) is 42.5 Å². The van der Waals surface area contributed by atoms with Crippen molar-refractivity contribution < 1.29 is 80.0 Å². The van der Waals surface area contributed by atoms with Crippen molar-refractivity contribution in [1.82, 2.24) is 25.7 Å². The van der Waals surface area contributed by atoms with Gasteiger partial charge in [0.15, 0.2) is 27.6 Å². The number of pyridine rings is 1. The molecule has 4 amide bonds. The highest BCUT2D eigenvalue weighted by Crippen LogP contribution is 2.32. The van der Waals surface area contributed by atoms with Crippen LogP contribution < -0.4 is 30.2 Å². The zero-order valence-corrected chi connectivity index (χ0v) is 42.3. The van der Waals surface area contributed by atoms with Crippen molar-refractivity contribution in [3.63, 3.8) is 0 Å². The lowest BCUT2D eigenvalue weighted by Gasteiger charge is -2.41. The molecule has 26 heteroatoms. The van der Waals surface area contributed by atoms with E-state index >= 15 is 0 Å². The Labute approximate surface area is 408 Å². The molecule has 0 spiro atoms. The molecule has 3 aromatic rings. The SMILES string of the molecule is CCCCOc1cc(C(=O)N2CC[C@@H](c3cc(C(=O)N[C@H]4C(S(=O)(=O)O)C(=O)[C@H]4NC(=O)/C(=N\OC(C)(C)C(=O)OC(C)(C)C)c4csc(NC(=O)OC(C)(C)C)n4)on3)C2)[n+](O)cc1OCCCC. The molecule has 4 atom stereocenters. The number of nitrogens with zero attached hydrogens (tertiary/aromatic N) is 5. The van der Waals surface area contributed by atoms with Crippen molar-refractivity contribution in [3.8, 4) is 11.5 Å². The van der Waals surface area contributed by atoms with Crippen LogP contribution >= 0.6 is 11.3 Å². The van der Waals surface area contributed by atoms with Gasteiger partial charge in [-0.3, -0.25) is 34.3 Å². The van der Waals surface area contributed by atoms with Gasteiger partial charge in [0, 0.05) is 35.2 Å². The van der Waals surface area contributed by atoms with Crippen LogP contribution in [0, 0.1) is 0 Å². The Morgan fingerprint density at radius 3 is 2.21 bits per heavy atom. The van der Waals surface area contributed by atoms with E-state index in [0.717, 1.165) is 37.0 Å². The molecule has 4 heterocycles. The molecule has 3 aromatic heterocycles. The fraction of sp³-hybridized carbons (Fsp3) is 0.591. The van der Waals surface area contributed by atoms with Crippen molar-refractivity contribution in [3.05, 3.63) is 46.6 Å². The van der Waals surface area contributed by atoms with Crippen LogP contribution in [0.15, 0.2) is 33.4 Å². The first kappa shape index (κ1) is 54.5. The summed E-state index contributed by atoms with van der Waals surface area (Å²) in [6.07, 6.45) is 4.06. The van der Waals surface area contributed by atoms with Crippen LogP contribution in [0.3, 0.4) is 0 Å². The number of likely N-dealkylation sites (tertiary alicyclic amines) is 1. The maximum absolute atomic E-state index is 14.0. The minimum absolute atomic E-state index is 0.0609. The molecule has 1 saturated carbocycles. The van der Waals surface area contributed by atoms with Gasteiger partial charge in [-0.2, -0.15) is 8.42 Å². The summed E-state index contributed by atoms with van der Waals surface area (Å²) in [6, 6.07) is -0.900. The van der Waals surface area contributed by atoms with E-state index in [4.69, 9.17) is 28.3 Å². The lowest BCUT2D eigenvalue weighted by Crippen LogP contribution is -2.75.